The summed E-state index contributed by atoms with van der Waals surface area (Å²) in [5, 5.41) is 10.3. The van der Waals surface area contributed by atoms with Crippen LogP contribution in [0.1, 0.15) is 12.3 Å². The van der Waals surface area contributed by atoms with E-state index in [0.29, 0.717) is 31.1 Å². The van der Waals surface area contributed by atoms with E-state index in [2.05, 4.69) is 30.3 Å². The molecule has 3 aromatic rings. The Kier molecular flexibility index (Phi) is 4.80. The number of ether oxygens (including phenoxy) is 1. The minimum absolute atomic E-state index is 0.191. The highest BCUT2D eigenvalue weighted by Crippen LogP contribution is 2.20. The first-order valence-electron chi connectivity index (χ1n) is 7.30. The second kappa shape index (κ2) is 7.36. The summed E-state index contributed by atoms with van der Waals surface area (Å²) < 4.78 is 14.8. The number of methoxy groups -OCH3 is 1. The van der Waals surface area contributed by atoms with E-state index < -0.39 is 6.09 Å². The van der Waals surface area contributed by atoms with Gasteiger partial charge in [-0.05, 0) is 6.42 Å². The van der Waals surface area contributed by atoms with Gasteiger partial charge in [-0.25, -0.2) is 4.79 Å². The molecule has 1 amide bonds. The van der Waals surface area contributed by atoms with Crippen LogP contribution in [0.2, 0.25) is 0 Å². The molecule has 0 fully saturated rings. The molecule has 0 radical (unpaired) electrons. The van der Waals surface area contributed by atoms with Gasteiger partial charge in [0, 0.05) is 18.5 Å². The zero-order chi connectivity index (χ0) is 16.8. The number of nitrogens with one attached hydrogen (secondary N) is 1. The third kappa shape index (κ3) is 3.75. The molecule has 0 saturated carbocycles. The van der Waals surface area contributed by atoms with Gasteiger partial charge in [0.25, 0.3) is 11.7 Å². The maximum atomic E-state index is 10.9. The largest absolute Gasteiger partial charge is 0.453 e. The number of aromatic nitrogens is 4. The zero-order valence-electron chi connectivity index (χ0n) is 12.9. The third-order valence-electron chi connectivity index (χ3n) is 3.14. The molecule has 0 bridgehead atoms. The fraction of sp³-hybridized carbons (Fsp3) is 0.267. The van der Waals surface area contributed by atoms with Crippen molar-refractivity contribution in [3.8, 4) is 23.1 Å². The number of benzene rings is 1. The maximum Gasteiger partial charge on any atom is 0.406 e. The van der Waals surface area contributed by atoms with Gasteiger partial charge < -0.3 is 19.1 Å². The molecule has 0 atom stereocenters. The molecule has 1 N–H and O–H groups in total. The van der Waals surface area contributed by atoms with Gasteiger partial charge in [0.05, 0.1) is 7.11 Å². The summed E-state index contributed by atoms with van der Waals surface area (Å²) >= 11 is 0. The number of carbonyl (C=O) groups is 1. The Labute approximate surface area is 137 Å². The molecule has 2 heterocycles. The zero-order valence-corrected chi connectivity index (χ0v) is 12.9. The van der Waals surface area contributed by atoms with Crippen LogP contribution >= 0.6 is 0 Å². The van der Waals surface area contributed by atoms with Gasteiger partial charge in [0.1, 0.15) is 0 Å². The highest BCUT2D eigenvalue weighted by atomic mass is 16.5. The fourth-order valence-corrected chi connectivity index (χ4v) is 1.96. The van der Waals surface area contributed by atoms with Crippen molar-refractivity contribution in [3.05, 3.63) is 36.2 Å². The Balaban J connectivity index is 1.60. The average molecular weight is 329 g/mol. The Hall–Kier alpha value is -3.23. The van der Waals surface area contributed by atoms with E-state index in [9.17, 15) is 4.79 Å². The van der Waals surface area contributed by atoms with Crippen molar-refractivity contribution in [2.75, 3.05) is 13.7 Å². The highest BCUT2D eigenvalue weighted by Gasteiger charge is 2.16. The van der Waals surface area contributed by atoms with Crippen LogP contribution in [-0.4, -0.2) is 40.0 Å². The molecule has 0 spiro atoms. The van der Waals surface area contributed by atoms with Crippen LogP contribution in [0.5, 0.6) is 0 Å². The van der Waals surface area contributed by atoms with Crippen molar-refractivity contribution >= 4 is 6.09 Å². The lowest BCUT2D eigenvalue weighted by molar-refractivity contribution is 0.171. The summed E-state index contributed by atoms with van der Waals surface area (Å²) in [6.45, 7) is 0.448. The highest BCUT2D eigenvalue weighted by molar-refractivity contribution is 5.66. The van der Waals surface area contributed by atoms with Crippen molar-refractivity contribution in [1.82, 2.24) is 25.6 Å². The van der Waals surface area contributed by atoms with E-state index in [1.54, 1.807) is 0 Å². The molecule has 2 aromatic heterocycles. The molecular weight excluding hydrogens is 314 g/mol. The van der Waals surface area contributed by atoms with Crippen LogP contribution in [0.15, 0.2) is 39.4 Å². The van der Waals surface area contributed by atoms with Crippen LogP contribution in [0, 0.1) is 0 Å². The molecule has 0 saturated heterocycles. The number of amides is 1. The van der Waals surface area contributed by atoms with Gasteiger partial charge in [0.15, 0.2) is 0 Å². The van der Waals surface area contributed by atoms with Gasteiger partial charge in [-0.2, -0.15) is 9.97 Å². The lowest BCUT2D eigenvalue weighted by Crippen LogP contribution is -2.24. The maximum absolute atomic E-state index is 10.9. The summed E-state index contributed by atoms with van der Waals surface area (Å²) in [6, 6.07) is 9.45. The number of hydrogen-bond acceptors (Lipinski definition) is 8. The molecular formula is C15H15N5O4. The van der Waals surface area contributed by atoms with Crippen molar-refractivity contribution in [1.29, 1.82) is 0 Å². The Morgan fingerprint density at radius 3 is 2.71 bits per heavy atom. The number of rotatable bonds is 6. The number of aryl methyl sites for hydroxylation is 1. The standard InChI is InChI=1S/C15H15N5O4/c1-22-15(21)16-9-5-8-11-17-13(20-23-11)14-18-12(19-24-14)10-6-3-2-4-7-10/h2-4,6-7H,5,8-9H2,1H3,(H,16,21). The van der Waals surface area contributed by atoms with Gasteiger partial charge in [-0.3, -0.25) is 0 Å². The number of carbonyl (C=O) groups excluding carboxylic acids is 1. The normalized spacial score (nSPS) is 10.5. The molecule has 0 unspecified atom stereocenters. The summed E-state index contributed by atoms with van der Waals surface area (Å²) in [5.74, 6) is 1.31. The Bertz CT molecular complexity index is 799. The topological polar surface area (TPSA) is 116 Å². The van der Waals surface area contributed by atoms with E-state index in [-0.39, 0.29) is 11.7 Å². The predicted molar refractivity (Wildman–Crippen MR) is 81.8 cm³/mol. The van der Waals surface area contributed by atoms with Crippen molar-refractivity contribution in [3.63, 3.8) is 0 Å². The fourth-order valence-electron chi connectivity index (χ4n) is 1.96. The van der Waals surface area contributed by atoms with E-state index in [1.165, 1.54) is 7.11 Å². The molecule has 24 heavy (non-hydrogen) atoms. The predicted octanol–water partition coefficient (Wildman–Crippen LogP) is 2.08. The Morgan fingerprint density at radius 2 is 1.92 bits per heavy atom. The van der Waals surface area contributed by atoms with Gasteiger partial charge in [-0.15, -0.1) is 0 Å². The minimum Gasteiger partial charge on any atom is -0.453 e. The van der Waals surface area contributed by atoms with Crippen LogP contribution in [0.25, 0.3) is 23.1 Å². The number of alkyl carbamates (subject to hydrolysis) is 1. The van der Waals surface area contributed by atoms with E-state index in [1.807, 2.05) is 30.3 Å². The lowest BCUT2D eigenvalue weighted by atomic mass is 10.2. The molecule has 0 aliphatic rings. The van der Waals surface area contributed by atoms with Crippen molar-refractivity contribution in [2.24, 2.45) is 0 Å². The first kappa shape index (κ1) is 15.7. The van der Waals surface area contributed by atoms with E-state index >= 15 is 0 Å². The average Bonchev–Trinajstić information content (AvgIpc) is 3.28. The molecule has 3 rings (SSSR count). The van der Waals surface area contributed by atoms with Crippen LogP contribution in [0.3, 0.4) is 0 Å². The number of nitrogens with zero attached hydrogens (tertiary/aromatic N) is 4. The third-order valence-corrected chi connectivity index (χ3v) is 3.14. The lowest BCUT2D eigenvalue weighted by Gasteiger charge is -2.00. The molecule has 0 aliphatic carbocycles. The molecule has 1 aromatic carbocycles. The van der Waals surface area contributed by atoms with Crippen LogP contribution in [-0.2, 0) is 11.2 Å². The van der Waals surface area contributed by atoms with Crippen LogP contribution in [0.4, 0.5) is 4.79 Å². The Morgan fingerprint density at radius 1 is 1.12 bits per heavy atom. The van der Waals surface area contributed by atoms with Gasteiger partial charge >= 0.3 is 6.09 Å². The van der Waals surface area contributed by atoms with Gasteiger partial charge in [-0.1, -0.05) is 40.6 Å². The van der Waals surface area contributed by atoms with E-state index in [4.69, 9.17) is 9.05 Å². The second-order valence-corrected chi connectivity index (χ2v) is 4.82. The first-order valence-corrected chi connectivity index (χ1v) is 7.30. The SMILES string of the molecule is COC(=O)NCCCc1nc(-c2nc(-c3ccccc3)no2)no1. The van der Waals surface area contributed by atoms with E-state index in [0.717, 1.165) is 5.56 Å². The summed E-state index contributed by atoms with van der Waals surface area (Å²) in [7, 11) is 1.31. The molecule has 9 heteroatoms. The van der Waals surface area contributed by atoms with Gasteiger partial charge in [0.2, 0.25) is 11.7 Å². The minimum atomic E-state index is -0.472. The van der Waals surface area contributed by atoms with Crippen molar-refractivity contribution in [2.45, 2.75) is 12.8 Å². The van der Waals surface area contributed by atoms with Crippen LogP contribution < -0.4 is 5.32 Å². The molecule has 0 aliphatic heterocycles. The summed E-state index contributed by atoms with van der Waals surface area (Å²) in [6.07, 6.45) is 0.674. The first-order chi connectivity index (χ1) is 11.8. The molecule has 124 valence electrons. The quantitative estimate of drug-likeness (QED) is 0.683. The smallest absolute Gasteiger partial charge is 0.406 e. The van der Waals surface area contributed by atoms with Crippen molar-refractivity contribution < 1.29 is 18.6 Å². The molecule has 9 nitrogen and oxygen atoms in total. The second-order valence-electron chi connectivity index (χ2n) is 4.82. The summed E-state index contributed by atoms with van der Waals surface area (Å²) in [5.41, 5.74) is 0.838. The summed E-state index contributed by atoms with van der Waals surface area (Å²) in [4.78, 5) is 19.4. The number of hydrogen-bond donors (Lipinski definition) is 1. The monoisotopic (exact) mass is 329 g/mol.